The topological polar surface area (TPSA) is 114 Å². The summed E-state index contributed by atoms with van der Waals surface area (Å²) >= 11 is 0. The van der Waals surface area contributed by atoms with Crippen LogP contribution in [-0.2, 0) is 29.0 Å². The lowest BCUT2D eigenvalue weighted by Gasteiger charge is -2.20. The van der Waals surface area contributed by atoms with E-state index in [0.717, 1.165) is 22.3 Å². The number of nitrogens with zero attached hydrogens (tertiary/aromatic N) is 2. The molecular weight excluding hydrogens is 470 g/mol. The first-order valence-electron chi connectivity index (χ1n) is 12.2. The van der Waals surface area contributed by atoms with Crippen LogP contribution in [-0.4, -0.2) is 27.3 Å². The van der Waals surface area contributed by atoms with Crippen LogP contribution in [0, 0.1) is 20.8 Å². The number of amides is 2. The second kappa shape index (κ2) is 11.7. The number of hydrogen-bond donors (Lipinski definition) is 3. The van der Waals surface area contributed by atoms with Gasteiger partial charge < -0.3 is 15.5 Å². The van der Waals surface area contributed by atoms with E-state index in [1.54, 1.807) is 33.0 Å². The van der Waals surface area contributed by atoms with Gasteiger partial charge in [-0.2, -0.15) is 0 Å². The number of anilines is 1. The summed E-state index contributed by atoms with van der Waals surface area (Å²) in [6.07, 6.45) is 1.05. The zero-order valence-corrected chi connectivity index (χ0v) is 22.3. The van der Waals surface area contributed by atoms with Gasteiger partial charge in [-0.05, 0) is 75.9 Å². The van der Waals surface area contributed by atoms with Gasteiger partial charge in [0, 0.05) is 24.0 Å². The number of rotatable bonds is 8. The van der Waals surface area contributed by atoms with E-state index in [2.05, 4.69) is 21.0 Å². The van der Waals surface area contributed by atoms with Gasteiger partial charge in [-0.25, -0.2) is 14.5 Å². The van der Waals surface area contributed by atoms with Crippen molar-refractivity contribution in [3.05, 3.63) is 92.5 Å². The Bertz CT molecular complexity index is 1300. The predicted octanol–water partition coefficient (Wildman–Crippen LogP) is 4.12. The Morgan fingerprint density at radius 3 is 2.32 bits per heavy atom. The van der Waals surface area contributed by atoms with Crippen molar-refractivity contribution >= 4 is 17.8 Å². The first kappa shape index (κ1) is 27.4. The minimum atomic E-state index is -0.614. The maximum Gasteiger partial charge on any atom is 0.413 e. The molecule has 0 radical (unpaired) electrons. The summed E-state index contributed by atoms with van der Waals surface area (Å²) < 4.78 is 6.69. The average molecular weight is 506 g/mol. The van der Waals surface area contributed by atoms with Crippen LogP contribution >= 0.6 is 0 Å². The Kier molecular flexibility index (Phi) is 8.70. The van der Waals surface area contributed by atoms with Crippen LogP contribution in [0.1, 0.15) is 54.3 Å². The molecule has 0 saturated heterocycles. The van der Waals surface area contributed by atoms with Crippen molar-refractivity contribution in [3.63, 3.8) is 0 Å². The molecule has 2 aromatic heterocycles. The van der Waals surface area contributed by atoms with Gasteiger partial charge in [-0.1, -0.05) is 30.3 Å². The zero-order valence-electron chi connectivity index (χ0n) is 22.3. The maximum absolute atomic E-state index is 13.0. The van der Waals surface area contributed by atoms with Crippen molar-refractivity contribution in [1.29, 1.82) is 0 Å². The summed E-state index contributed by atoms with van der Waals surface area (Å²) in [6, 6.07) is 13.3. The van der Waals surface area contributed by atoms with Crippen molar-refractivity contribution in [2.24, 2.45) is 0 Å². The lowest BCUT2D eigenvalue weighted by atomic mass is 10.1. The van der Waals surface area contributed by atoms with Crippen molar-refractivity contribution in [2.45, 2.75) is 66.7 Å². The summed E-state index contributed by atoms with van der Waals surface area (Å²) in [5, 5.41) is 5.53. The van der Waals surface area contributed by atoms with E-state index in [9.17, 15) is 14.4 Å². The number of ether oxygens (including phenoxy) is 1. The summed E-state index contributed by atoms with van der Waals surface area (Å²) in [7, 11) is 0. The molecular formula is C28H35N5O4. The lowest BCUT2D eigenvalue weighted by molar-refractivity contribution is -0.120. The van der Waals surface area contributed by atoms with E-state index in [1.807, 2.05) is 57.2 Å². The van der Waals surface area contributed by atoms with Crippen LogP contribution < -0.4 is 21.6 Å². The lowest BCUT2D eigenvalue weighted by Crippen LogP contribution is -2.34. The summed E-state index contributed by atoms with van der Waals surface area (Å²) in [4.78, 5) is 42.3. The summed E-state index contributed by atoms with van der Waals surface area (Å²) in [5.41, 5.74) is 6.84. The molecule has 0 aliphatic rings. The summed E-state index contributed by atoms with van der Waals surface area (Å²) in [5.74, 6) is 0.110. The molecule has 1 aromatic carbocycles. The number of aryl methyl sites for hydroxylation is 3. The third-order valence-electron chi connectivity index (χ3n) is 5.71. The number of hydrogen-bond acceptors (Lipinski definition) is 6. The minimum absolute atomic E-state index is 0.0394. The highest BCUT2D eigenvalue weighted by Gasteiger charge is 2.18. The Morgan fingerprint density at radius 2 is 1.68 bits per heavy atom. The highest BCUT2D eigenvalue weighted by molar-refractivity contribution is 5.84. The van der Waals surface area contributed by atoms with E-state index in [4.69, 9.17) is 4.74 Å². The molecule has 2 heterocycles. The van der Waals surface area contributed by atoms with Crippen LogP contribution in [0.2, 0.25) is 0 Å². The van der Waals surface area contributed by atoms with E-state index in [-0.39, 0.29) is 24.4 Å². The van der Waals surface area contributed by atoms with Crippen LogP contribution in [0.4, 0.5) is 10.6 Å². The van der Waals surface area contributed by atoms with Gasteiger partial charge in [0.2, 0.25) is 5.91 Å². The number of nitrogens with one attached hydrogen (secondary N) is 3. The van der Waals surface area contributed by atoms with Gasteiger partial charge in [0.15, 0.2) is 0 Å². The Hall–Kier alpha value is -4.14. The molecule has 0 bridgehead atoms. The van der Waals surface area contributed by atoms with Crippen molar-refractivity contribution in [3.8, 4) is 0 Å². The van der Waals surface area contributed by atoms with E-state index >= 15 is 0 Å². The number of carbonyl (C=O) groups is 2. The fourth-order valence-corrected chi connectivity index (χ4v) is 3.79. The molecule has 37 heavy (non-hydrogen) atoms. The first-order chi connectivity index (χ1) is 17.4. The molecule has 0 fully saturated rings. The number of pyridine rings is 2. The van der Waals surface area contributed by atoms with Crippen molar-refractivity contribution < 1.29 is 14.3 Å². The molecule has 0 saturated carbocycles. The smallest absolute Gasteiger partial charge is 0.413 e. The van der Waals surface area contributed by atoms with Crippen LogP contribution in [0.5, 0.6) is 0 Å². The van der Waals surface area contributed by atoms with Gasteiger partial charge in [0.05, 0.1) is 13.0 Å². The van der Waals surface area contributed by atoms with E-state index in [0.29, 0.717) is 23.6 Å². The normalized spacial score (nSPS) is 11.1. The van der Waals surface area contributed by atoms with Gasteiger partial charge in [-0.15, -0.1) is 0 Å². The minimum Gasteiger partial charge on any atom is -0.444 e. The molecule has 196 valence electrons. The number of aromatic nitrogens is 2. The van der Waals surface area contributed by atoms with Crippen LogP contribution in [0.3, 0.4) is 0 Å². The van der Waals surface area contributed by atoms with Crippen LogP contribution in [0.25, 0.3) is 0 Å². The second-order valence-corrected chi connectivity index (χ2v) is 9.94. The van der Waals surface area contributed by atoms with Crippen molar-refractivity contribution in [2.75, 3.05) is 10.7 Å². The molecule has 0 spiro atoms. The standard InChI is InChI=1S/C28H35N5O4/c1-18-12-13-33(30-16-21-10-8-7-9-11-21)26(35)22(18)15-25(34)29-17-23-19(2)14-24(31-20(23)3)32-27(36)37-28(4,5)6/h7-14,30H,15-17H2,1-6H3,(H,29,34)(H,31,32,36). The highest BCUT2D eigenvalue weighted by Crippen LogP contribution is 2.18. The molecule has 3 aromatic rings. The molecule has 0 aliphatic carbocycles. The predicted molar refractivity (Wildman–Crippen MR) is 144 cm³/mol. The maximum atomic E-state index is 13.0. The highest BCUT2D eigenvalue weighted by atomic mass is 16.6. The second-order valence-electron chi connectivity index (χ2n) is 9.94. The average Bonchev–Trinajstić information content (AvgIpc) is 2.80. The molecule has 2 amide bonds. The van der Waals surface area contributed by atoms with Gasteiger partial charge >= 0.3 is 6.09 Å². The fourth-order valence-electron chi connectivity index (χ4n) is 3.79. The molecule has 0 aliphatic heterocycles. The first-order valence-corrected chi connectivity index (χ1v) is 12.2. The number of benzene rings is 1. The van der Waals surface area contributed by atoms with E-state index in [1.165, 1.54) is 4.68 Å². The fraction of sp³-hybridized carbons (Fsp3) is 0.357. The third-order valence-corrected chi connectivity index (χ3v) is 5.71. The van der Waals surface area contributed by atoms with Crippen LogP contribution in [0.15, 0.2) is 53.5 Å². The van der Waals surface area contributed by atoms with Gasteiger partial charge in [0.25, 0.3) is 5.56 Å². The Morgan fingerprint density at radius 1 is 0.973 bits per heavy atom. The monoisotopic (exact) mass is 505 g/mol. The third kappa shape index (κ3) is 7.93. The Balaban J connectivity index is 1.63. The molecule has 0 unspecified atom stereocenters. The molecule has 9 nitrogen and oxygen atoms in total. The molecule has 9 heteroatoms. The van der Waals surface area contributed by atoms with Gasteiger partial charge in [0.1, 0.15) is 11.4 Å². The van der Waals surface area contributed by atoms with Crippen molar-refractivity contribution in [1.82, 2.24) is 15.0 Å². The van der Waals surface area contributed by atoms with E-state index < -0.39 is 11.7 Å². The largest absolute Gasteiger partial charge is 0.444 e. The zero-order chi connectivity index (χ0) is 27.2. The molecule has 3 N–H and O–H groups in total. The molecule has 0 atom stereocenters. The molecule has 3 rings (SSSR count). The van der Waals surface area contributed by atoms with Gasteiger partial charge in [-0.3, -0.25) is 14.9 Å². The summed E-state index contributed by atoms with van der Waals surface area (Å²) in [6.45, 7) is 11.6. The SMILES string of the molecule is Cc1cc(NC(=O)OC(C)(C)C)nc(C)c1CNC(=O)Cc1c(C)ccn(NCc2ccccc2)c1=O. The Labute approximate surface area is 217 Å². The quantitative estimate of drug-likeness (QED) is 0.424. The number of carbonyl (C=O) groups excluding carboxylic acids is 2.